The minimum absolute atomic E-state index is 0.335. The predicted octanol–water partition coefficient (Wildman–Crippen LogP) is 3.09. The number of rotatable bonds is 4. The number of piperidine rings is 1. The minimum atomic E-state index is 0.335. The number of nitrogens with zero attached hydrogens (tertiary/aromatic N) is 3. The second-order valence-electron chi connectivity index (χ2n) is 7.26. The molecule has 0 saturated carbocycles. The van der Waals surface area contributed by atoms with Gasteiger partial charge in [-0.1, -0.05) is 12.1 Å². The molecule has 2 aliphatic heterocycles. The largest absolute Gasteiger partial charge is 0.377 e. The molecule has 1 spiro atoms. The molecule has 2 saturated heterocycles. The van der Waals surface area contributed by atoms with Crippen LogP contribution in [0.2, 0.25) is 0 Å². The zero-order valence-corrected chi connectivity index (χ0v) is 14.1. The van der Waals surface area contributed by atoms with E-state index in [1.807, 2.05) is 24.5 Å². The number of hydrogen-bond acceptors (Lipinski definition) is 4. The van der Waals surface area contributed by atoms with Crippen LogP contribution in [0.5, 0.6) is 0 Å². The lowest BCUT2D eigenvalue weighted by Crippen LogP contribution is -2.40. The molecule has 1 atom stereocenters. The van der Waals surface area contributed by atoms with Crippen LogP contribution in [0.25, 0.3) is 0 Å². The summed E-state index contributed by atoms with van der Waals surface area (Å²) in [4.78, 5) is 11.4. The Kier molecular flexibility index (Phi) is 4.58. The van der Waals surface area contributed by atoms with E-state index in [0.29, 0.717) is 11.5 Å². The number of ether oxygens (including phenoxy) is 1. The molecule has 4 heterocycles. The molecule has 4 rings (SSSR count). The van der Waals surface area contributed by atoms with Gasteiger partial charge in [0.2, 0.25) is 0 Å². The van der Waals surface area contributed by atoms with Crippen LogP contribution < -0.4 is 0 Å². The summed E-state index contributed by atoms with van der Waals surface area (Å²) in [6.07, 6.45) is 8.68. The molecule has 24 heavy (non-hydrogen) atoms. The fourth-order valence-corrected chi connectivity index (χ4v) is 4.03. The summed E-state index contributed by atoms with van der Waals surface area (Å²) in [6.45, 7) is 4.18. The van der Waals surface area contributed by atoms with Crippen molar-refractivity contribution in [2.45, 2.75) is 38.3 Å². The molecule has 4 heteroatoms. The first-order valence-corrected chi connectivity index (χ1v) is 8.95. The van der Waals surface area contributed by atoms with E-state index in [1.54, 1.807) is 0 Å². The SMILES string of the molecule is c1ccc(CC2CC3(CCN(Cc4ccccn4)CC3)CO2)nc1. The molecule has 1 unspecified atom stereocenters. The second-order valence-corrected chi connectivity index (χ2v) is 7.26. The summed E-state index contributed by atoms with van der Waals surface area (Å²) < 4.78 is 6.13. The van der Waals surface area contributed by atoms with Gasteiger partial charge in [0.15, 0.2) is 0 Å². The van der Waals surface area contributed by atoms with E-state index in [0.717, 1.165) is 38.4 Å². The maximum atomic E-state index is 6.13. The molecule has 126 valence electrons. The third-order valence-electron chi connectivity index (χ3n) is 5.48. The second kappa shape index (κ2) is 6.99. The highest BCUT2D eigenvalue weighted by Crippen LogP contribution is 2.42. The van der Waals surface area contributed by atoms with Crippen LogP contribution in [0, 0.1) is 5.41 Å². The van der Waals surface area contributed by atoms with Gasteiger partial charge in [-0.25, -0.2) is 0 Å². The van der Waals surface area contributed by atoms with E-state index in [9.17, 15) is 0 Å². The number of hydrogen-bond donors (Lipinski definition) is 0. The molecule has 0 amide bonds. The molecular formula is C20H25N3O. The number of pyridine rings is 2. The Morgan fingerprint density at radius 1 is 1.00 bits per heavy atom. The monoisotopic (exact) mass is 323 g/mol. The zero-order valence-electron chi connectivity index (χ0n) is 14.1. The van der Waals surface area contributed by atoms with Crippen LogP contribution in [0.1, 0.15) is 30.7 Å². The first-order valence-electron chi connectivity index (χ1n) is 8.95. The van der Waals surface area contributed by atoms with E-state index in [1.165, 1.54) is 25.0 Å². The summed E-state index contributed by atoms with van der Waals surface area (Å²) in [6, 6.07) is 12.3. The lowest BCUT2D eigenvalue weighted by Gasteiger charge is -2.38. The van der Waals surface area contributed by atoms with Crippen molar-refractivity contribution in [1.82, 2.24) is 14.9 Å². The van der Waals surface area contributed by atoms with Gasteiger partial charge in [-0.15, -0.1) is 0 Å². The molecule has 4 nitrogen and oxygen atoms in total. The Hall–Kier alpha value is -1.78. The van der Waals surface area contributed by atoms with E-state index in [4.69, 9.17) is 4.74 Å². The van der Waals surface area contributed by atoms with Crippen molar-refractivity contribution in [2.24, 2.45) is 5.41 Å². The summed E-state index contributed by atoms with van der Waals surface area (Å²) in [7, 11) is 0. The average molecular weight is 323 g/mol. The van der Waals surface area contributed by atoms with Crippen molar-refractivity contribution in [2.75, 3.05) is 19.7 Å². The lowest BCUT2D eigenvalue weighted by atomic mass is 9.76. The topological polar surface area (TPSA) is 38.2 Å². The van der Waals surface area contributed by atoms with Gasteiger partial charge in [0.05, 0.1) is 18.4 Å². The van der Waals surface area contributed by atoms with Gasteiger partial charge in [0, 0.05) is 31.1 Å². The van der Waals surface area contributed by atoms with Crippen molar-refractivity contribution >= 4 is 0 Å². The fourth-order valence-electron chi connectivity index (χ4n) is 4.03. The Labute approximate surface area is 143 Å². The summed E-state index contributed by atoms with van der Waals surface area (Å²) in [5.41, 5.74) is 2.70. The van der Waals surface area contributed by atoms with Crippen molar-refractivity contribution in [3.8, 4) is 0 Å². The highest BCUT2D eigenvalue weighted by Gasteiger charge is 2.42. The molecule has 0 radical (unpaired) electrons. The van der Waals surface area contributed by atoms with Crippen molar-refractivity contribution in [1.29, 1.82) is 0 Å². The van der Waals surface area contributed by atoms with Gasteiger partial charge in [-0.3, -0.25) is 14.9 Å². The molecule has 0 aromatic carbocycles. The van der Waals surface area contributed by atoms with E-state index in [-0.39, 0.29) is 0 Å². The Morgan fingerprint density at radius 2 is 1.71 bits per heavy atom. The summed E-state index contributed by atoms with van der Waals surface area (Å²) >= 11 is 0. The Balaban J connectivity index is 1.29. The van der Waals surface area contributed by atoms with E-state index in [2.05, 4.69) is 39.1 Å². The van der Waals surface area contributed by atoms with Crippen LogP contribution in [-0.2, 0) is 17.7 Å². The first kappa shape index (κ1) is 15.7. The average Bonchev–Trinajstić information content (AvgIpc) is 3.01. The molecule has 0 aliphatic carbocycles. The highest BCUT2D eigenvalue weighted by atomic mass is 16.5. The van der Waals surface area contributed by atoms with Crippen LogP contribution >= 0.6 is 0 Å². The van der Waals surface area contributed by atoms with Crippen LogP contribution in [0.4, 0.5) is 0 Å². The maximum absolute atomic E-state index is 6.13. The first-order chi connectivity index (χ1) is 11.8. The summed E-state index contributed by atoms with van der Waals surface area (Å²) in [5.74, 6) is 0. The third-order valence-corrected chi connectivity index (χ3v) is 5.48. The lowest BCUT2D eigenvalue weighted by molar-refractivity contribution is 0.0626. The van der Waals surface area contributed by atoms with Crippen LogP contribution in [0.3, 0.4) is 0 Å². The van der Waals surface area contributed by atoms with E-state index >= 15 is 0 Å². The standard InChI is InChI=1S/C20H25N3O/c1-3-9-21-17(5-1)13-19-14-20(16-24-19)7-11-23(12-8-20)15-18-6-2-4-10-22-18/h1-6,9-10,19H,7-8,11-16H2. The maximum Gasteiger partial charge on any atom is 0.0636 e. The Morgan fingerprint density at radius 3 is 2.38 bits per heavy atom. The van der Waals surface area contributed by atoms with Gasteiger partial charge in [0.25, 0.3) is 0 Å². The normalized spacial score (nSPS) is 23.6. The Bertz CT molecular complexity index is 638. The molecule has 2 aliphatic rings. The van der Waals surface area contributed by atoms with E-state index < -0.39 is 0 Å². The number of likely N-dealkylation sites (tertiary alicyclic amines) is 1. The predicted molar refractivity (Wildman–Crippen MR) is 93.5 cm³/mol. The summed E-state index contributed by atoms with van der Waals surface area (Å²) in [5, 5.41) is 0. The zero-order chi connectivity index (χ0) is 16.2. The quantitative estimate of drug-likeness (QED) is 0.867. The molecule has 2 fully saturated rings. The molecule has 2 aromatic rings. The fraction of sp³-hybridized carbons (Fsp3) is 0.500. The van der Waals surface area contributed by atoms with Crippen LogP contribution in [0.15, 0.2) is 48.8 Å². The highest BCUT2D eigenvalue weighted by molar-refractivity contribution is 5.07. The van der Waals surface area contributed by atoms with Gasteiger partial charge >= 0.3 is 0 Å². The molecular weight excluding hydrogens is 298 g/mol. The smallest absolute Gasteiger partial charge is 0.0636 e. The molecule has 2 aromatic heterocycles. The van der Waals surface area contributed by atoms with Gasteiger partial charge in [-0.05, 0) is 62.0 Å². The van der Waals surface area contributed by atoms with Crippen LogP contribution in [-0.4, -0.2) is 40.7 Å². The van der Waals surface area contributed by atoms with Crippen molar-refractivity contribution in [3.63, 3.8) is 0 Å². The number of aromatic nitrogens is 2. The van der Waals surface area contributed by atoms with Gasteiger partial charge in [-0.2, -0.15) is 0 Å². The van der Waals surface area contributed by atoms with Gasteiger partial charge in [0.1, 0.15) is 0 Å². The van der Waals surface area contributed by atoms with Gasteiger partial charge < -0.3 is 4.74 Å². The van der Waals surface area contributed by atoms with Crippen molar-refractivity contribution < 1.29 is 4.74 Å². The molecule has 0 bridgehead atoms. The third kappa shape index (κ3) is 3.65. The minimum Gasteiger partial charge on any atom is -0.377 e. The molecule has 0 N–H and O–H groups in total. The van der Waals surface area contributed by atoms with Crippen molar-refractivity contribution in [3.05, 3.63) is 60.2 Å².